The van der Waals surface area contributed by atoms with Crippen LogP contribution in [0, 0.1) is 12.8 Å². The van der Waals surface area contributed by atoms with Gasteiger partial charge in [-0.3, -0.25) is 0 Å². The summed E-state index contributed by atoms with van der Waals surface area (Å²) in [6, 6.07) is 8.01. The first kappa shape index (κ1) is 12.1. The van der Waals surface area contributed by atoms with Crippen molar-refractivity contribution in [2.45, 2.75) is 27.2 Å². The second-order valence-corrected chi connectivity index (χ2v) is 5.83. The van der Waals surface area contributed by atoms with Crippen LogP contribution in [0.15, 0.2) is 24.3 Å². The summed E-state index contributed by atoms with van der Waals surface area (Å²) in [5.41, 5.74) is 8.84. The third kappa shape index (κ3) is 2.86. The smallest absolute Gasteiger partial charge is 0.0937 e. The summed E-state index contributed by atoms with van der Waals surface area (Å²) in [4.78, 5) is 5.90. The quantitative estimate of drug-likeness (QED) is 0.834. The van der Waals surface area contributed by atoms with E-state index in [1.165, 1.54) is 15.4 Å². The van der Waals surface area contributed by atoms with E-state index >= 15 is 0 Å². The fourth-order valence-electron chi connectivity index (χ4n) is 1.79. The van der Waals surface area contributed by atoms with Crippen molar-refractivity contribution in [3.05, 3.63) is 35.0 Å². The minimum Gasteiger partial charge on any atom is -0.399 e. The van der Waals surface area contributed by atoms with E-state index in [2.05, 4.69) is 37.9 Å². The number of thiazole rings is 1. The Kier molecular flexibility index (Phi) is 3.48. The van der Waals surface area contributed by atoms with E-state index < -0.39 is 0 Å². The number of nitrogen functional groups attached to an aromatic ring is 1. The highest BCUT2D eigenvalue weighted by atomic mass is 32.1. The zero-order valence-corrected chi connectivity index (χ0v) is 11.3. The first-order valence-corrected chi connectivity index (χ1v) is 6.70. The van der Waals surface area contributed by atoms with Crippen LogP contribution in [-0.4, -0.2) is 4.98 Å². The Labute approximate surface area is 107 Å². The Balaban J connectivity index is 2.32. The minimum absolute atomic E-state index is 0.653. The van der Waals surface area contributed by atoms with Gasteiger partial charge in [0.25, 0.3) is 0 Å². The van der Waals surface area contributed by atoms with Crippen molar-refractivity contribution in [1.82, 2.24) is 4.98 Å². The molecule has 0 aliphatic heterocycles. The average Bonchev–Trinajstić information content (AvgIpc) is 2.59. The number of hydrogen-bond donors (Lipinski definition) is 1. The lowest BCUT2D eigenvalue weighted by Crippen LogP contribution is -1.92. The zero-order valence-electron chi connectivity index (χ0n) is 10.5. The highest BCUT2D eigenvalue weighted by molar-refractivity contribution is 7.15. The summed E-state index contributed by atoms with van der Waals surface area (Å²) < 4.78 is 0. The van der Waals surface area contributed by atoms with Crippen LogP contribution < -0.4 is 5.73 Å². The topological polar surface area (TPSA) is 38.9 Å². The van der Waals surface area contributed by atoms with Crippen LogP contribution in [0.4, 0.5) is 5.69 Å². The van der Waals surface area contributed by atoms with E-state index in [1.54, 1.807) is 11.3 Å². The van der Waals surface area contributed by atoms with Gasteiger partial charge >= 0.3 is 0 Å². The third-order valence-electron chi connectivity index (χ3n) is 2.60. The number of aromatic nitrogens is 1. The highest BCUT2D eigenvalue weighted by Gasteiger charge is 2.10. The molecular formula is C14H18N2S. The number of nitrogens with zero attached hydrogens (tertiary/aromatic N) is 1. The van der Waals surface area contributed by atoms with Gasteiger partial charge in [-0.25, -0.2) is 4.98 Å². The van der Waals surface area contributed by atoms with Gasteiger partial charge < -0.3 is 5.73 Å². The Morgan fingerprint density at radius 2 is 1.88 bits per heavy atom. The first-order chi connectivity index (χ1) is 8.06. The minimum atomic E-state index is 0.653. The molecule has 90 valence electrons. The lowest BCUT2D eigenvalue weighted by atomic mass is 10.1. The molecule has 2 N–H and O–H groups in total. The van der Waals surface area contributed by atoms with Gasteiger partial charge in [0, 0.05) is 12.1 Å². The van der Waals surface area contributed by atoms with E-state index in [-0.39, 0.29) is 0 Å². The molecule has 0 amide bonds. The fraction of sp³-hybridized carbons (Fsp3) is 0.357. The maximum Gasteiger partial charge on any atom is 0.0937 e. The van der Waals surface area contributed by atoms with Crippen molar-refractivity contribution in [1.29, 1.82) is 0 Å². The van der Waals surface area contributed by atoms with E-state index in [1.807, 2.05) is 12.1 Å². The summed E-state index contributed by atoms with van der Waals surface area (Å²) in [5, 5.41) is 1.23. The molecule has 0 atom stereocenters. The second kappa shape index (κ2) is 4.88. The van der Waals surface area contributed by atoms with E-state index in [0.29, 0.717) is 5.92 Å². The van der Waals surface area contributed by atoms with Crippen LogP contribution in [-0.2, 0) is 6.42 Å². The summed E-state index contributed by atoms with van der Waals surface area (Å²) in [6.07, 6.45) is 1.06. The van der Waals surface area contributed by atoms with Gasteiger partial charge in [-0.2, -0.15) is 0 Å². The fourth-order valence-corrected chi connectivity index (χ4v) is 3.07. The van der Waals surface area contributed by atoms with Gasteiger partial charge in [0.1, 0.15) is 0 Å². The van der Waals surface area contributed by atoms with E-state index in [4.69, 9.17) is 5.73 Å². The number of aryl methyl sites for hydroxylation is 1. The monoisotopic (exact) mass is 246 g/mol. The third-order valence-corrected chi connectivity index (χ3v) is 3.83. The largest absolute Gasteiger partial charge is 0.399 e. The van der Waals surface area contributed by atoms with Crippen molar-refractivity contribution in [3.8, 4) is 10.4 Å². The van der Waals surface area contributed by atoms with Gasteiger partial charge in [0.2, 0.25) is 0 Å². The van der Waals surface area contributed by atoms with Gasteiger partial charge in [-0.1, -0.05) is 26.0 Å². The molecule has 0 radical (unpaired) electrons. The Morgan fingerprint density at radius 3 is 2.47 bits per heavy atom. The standard InChI is InChI=1S/C14H18N2S/c1-9(2)8-13-16-10(3)14(17-13)11-4-6-12(15)7-5-11/h4-7,9H,8,15H2,1-3H3. The Morgan fingerprint density at radius 1 is 1.24 bits per heavy atom. The predicted molar refractivity (Wildman–Crippen MR) is 75.2 cm³/mol. The Bertz CT molecular complexity index is 497. The maximum atomic E-state index is 5.70. The molecular weight excluding hydrogens is 228 g/mol. The SMILES string of the molecule is Cc1nc(CC(C)C)sc1-c1ccc(N)cc1. The summed E-state index contributed by atoms with van der Waals surface area (Å²) in [6.45, 7) is 6.52. The predicted octanol–water partition coefficient (Wildman–Crippen LogP) is 3.90. The van der Waals surface area contributed by atoms with Crippen LogP contribution in [0.1, 0.15) is 24.5 Å². The van der Waals surface area contributed by atoms with Gasteiger partial charge in [-0.15, -0.1) is 11.3 Å². The highest BCUT2D eigenvalue weighted by Crippen LogP contribution is 2.31. The van der Waals surface area contributed by atoms with E-state index in [9.17, 15) is 0 Å². The average molecular weight is 246 g/mol. The van der Waals surface area contributed by atoms with Gasteiger partial charge in [-0.05, 0) is 30.5 Å². The van der Waals surface area contributed by atoms with E-state index in [0.717, 1.165) is 17.8 Å². The van der Waals surface area contributed by atoms with Crippen molar-refractivity contribution in [2.24, 2.45) is 5.92 Å². The van der Waals surface area contributed by atoms with Crippen LogP contribution in [0.2, 0.25) is 0 Å². The molecule has 0 bridgehead atoms. The number of nitrogens with two attached hydrogens (primary N) is 1. The zero-order chi connectivity index (χ0) is 12.4. The lowest BCUT2D eigenvalue weighted by Gasteiger charge is -1.99. The number of anilines is 1. The molecule has 2 nitrogen and oxygen atoms in total. The van der Waals surface area contributed by atoms with Crippen molar-refractivity contribution in [2.75, 3.05) is 5.73 Å². The molecule has 1 aromatic carbocycles. The normalized spacial score (nSPS) is 11.1. The molecule has 17 heavy (non-hydrogen) atoms. The molecule has 2 aromatic rings. The number of hydrogen-bond acceptors (Lipinski definition) is 3. The molecule has 0 saturated carbocycles. The van der Waals surface area contributed by atoms with Crippen LogP contribution >= 0.6 is 11.3 Å². The van der Waals surface area contributed by atoms with Crippen molar-refractivity contribution >= 4 is 17.0 Å². The lowest BCUT2D eigenvalue weighted by molar-refractivity contribution is 0.643. The van der Waals surface area contributed by atoms with Crippen molar-refractivity contribution in [3.63, 3.8) is 0 Å². The maximum absolute atomic E-state index is 5.70. The molecule has 0 aliphatic rings. The summed E-state index contributed by atoms with van der Waals surface area (Å²) in [5.74, 6) is 0.653. The van der Waals surface area contributed by atoms with Crippen LogP contribution in [0.3, 0.4) is 0 Å². The molecule has 2 rings (SSSR count). The number of rotatable bonds is 3. The number of benzene rings is 1. The molecule has 0 unspecified atom stereocenters. The Hall–Kier alpha value is -1.35. The van der Waals surface area contributed by atoms with Crippen LogP contribution in [0.25, 0.3) is 10.4 Å². The molecule has 0 fully saturated rings. The summed E-state index contributed by atoms with van der Waals surface area (Å²) in [7, 11) is 0. The van der Waals surface area contributed by atoms with Gasteiger partial charge in [0.15, 0.2) is 0 Å². The van der Waals surface area contributed by atoms with Gasteiger partial charge in [0.05, 0.1) is 15.6 Å². The molecule has 1 aromatic heterocycles. The molecule has 1 heterocycles. The van der Waals surface area contributed by atoms with Crippen molar-refractivity contribution < 1.29 is 0 Å². The molecule has 0 saturated heterocycles. The molecule has 0 aliphatic carbocycles. The molecule has 0 spiro atoms. The van der Waals surface area contributed by atoms with Crippen LogP contribution in [0.5, 0.6) is 0 Å². The summed E-state index contributed by atoms with van der Waals surface area (Å²) >= 11 is 1.79. The second-order valence-electron chi connectivity index (χ2n) is 4.74. The first-order valence-electron chi connectivity index (χ1n) is 5.88. The molecule has 3 heteroatoms.